The molecule has 18 heavy (non-hydrogen) atoms. The zero-order valence-electron chi connectivity index (χ0n) is 10.7. The van der Waals surface area contributed by atoms with E-state index in [1.807, 2.05) is 19.1 Å². The van der Waals surface area contributed by atoms with Crippen LogP contribution in [0.15, 0.2) is 16.6 Å². The average molecular weight is 314 g/mol. The third-order valence-corrected chi connectivity index (χ3v) is 3.78. The van der Waals surface area contributed by atoms with E-state index in [1.54, 1.807) is 0 Å². The molecule has 0 aliphatic heterocycles. The maximum atomic E-state index is 6.08. The molecule has 1 saturated carbocycles. The molecular weight excluding hydrogens is 294 g/mol. The summed E-state index contributed by atoms with van der Waals surface area (Å²) in [5.74, 6) is 1.61. The molecule has 2 rings (SSSR count). The van der Waals surface area contributed by atoms with Crippen molar-refractivity contribution in [2.45, 2.75) is 45.3 Å². The molecule has 1 aromatic carbocycles. The average Bonchev–Trinajstić information content (AvgIpc) is 2.86. The number of hydrogen-bond donors (Lipinski definition) is 1. The lowest BCUT2D eigenvalue weighted by atomic mass is 10.2. The van der Waals surface area contributed by atoms with Crippen LogP contribution in [0.1, 0.15) is 38.2 Å². The summed E-state index contributed by atoms with van der Waals surface area (Å²) in [6.07, 6.45) is 5.11. The van der Waals surface area contributed by atoms with Crippen molar-refractivity contribution in [2.24, 2.45) is 5.73 Å². The molecule has 1 aliphatic carbocycles. The highest BCUT2D eigenvalue weighted by molar-refractivity contribution is 9.10. The fourth-order valence-corrected chi connectivity index (χ4v) is 2.87. The van der Waals surface area contributed by atoms with Crippen molar-refractivity contribution < 1.29 is 9.47 Å². The Balaban J connectivity index is 2.24. The summed E-state index contributed by atoms with van der Waals surface area (Å²) >= 11 is 3.56. The van der Waals surface area contributed by atoms with Crippen molar-refractivity contribution in [3.63, 3.8) is 0 Å². The van der Waals surface area contributed by atoms with Gasteiger partial charge >= 0.3 is 0 Å². The number of hydrogen-bond acceptors (Lipinski definition) is 3. The van der Waals surface area contributed by atoms with Gasteiger partial charge in [0, 0.05) is 6.54 Å². The maximum absolute atomic E-state index is 6.08. The van der Waals surface area contributed by atoms with Crippen LogP contribution in [-0.4, -0.2) is 12.7 Å². The van der Waals surface area contributed by atoms with Crippen molar-refractivity contribution in [3.8, 4) is 11.5 Å². The van der Waals surface area contributed by atoms with Crippen molar-refractivity contribution in [2.75, 3.05) is 6.61 Å². The minimum atomic E-state index is 0.323. The molecule has 0 spiro atoms. The molecule has 1 fully saturated rings. The molecule has 0 unspecified atom stereocenters. The van der Waals surface area contributed by atoms with Gasteiger partial charge in [-0.2, -0.15) is 0 Å². The molecule has 0 saturated heterocycles. The number of rotatable bonds is 5. The third-order valence-electron chi connectivity index (χ3n) is 3.19. The van der Waals surface area contributed by atoms with Gasteiger partial charge in [0.1, 0.15) is 0 Å². The van der Waals surface area contributed by atoms with E-state index >= 15 is 0 Å². The lowest BCUT2D eigenvalue weighted by Crippen LogP contribution is -2.13. The van der Waals surface area contributed by atoms with Crippen LogP contribution < -0.4 is 15.2 Å². The second-order valence-corrected chi connectivity index (χ2v) is 5.42. The first-order valence-electron chi connectivity index (χ1n) is 6.56. The van der Waals surface area contributed by atoms with E-state index in [1.165, 1.54) is 12.8 Å². The van der Waals surface area contributed by atoms with Crippen LogP contribution in [0.5, 0.6) is 11.5 Å². The predicted molar refractivity (Wildman–Crippen MR) is 76.1 cm³/mol. The maximum Gasteiger partial charge on any atom is 0.175 e. The zero-order valence-corrected chi connectivity index (χ0v) is 12.3. The first kappa shape index (κ1) is 13.7. The summed E-state index contributed by atoms with van der Waals surface area (Å²) in [5, 5.41) is 0. The Kier molecular flexibility index (Phi) is 4.89. The minimum Gasteiger partial charge on any atom is -0.490 e. The molecule has 4 heteroatoms. The minimum absolute atomic E-state index is 0.323. The van der Waals surface area contributed by atoms with E-state index in [0.717, 1.165) is 34.4 Å². The summed E-state index contributed by atoms with van der Waals surface area (Å²) < 4.78 is 12.7. The quantitative estimate of drug-likeness (QED) is 0.902. The normalized spacial score (nSPS) is 15.9. The SMILES string of the molecule is CCOc1cc(CN)cc(Br)c1OC1CCCC1. The van der Waals surface area contributed by atoms with Crippen LogP contribution in [0, 0.1) is 0 Å². The van der Waals surface area contributed by atoms with Crippen LogP contribution in [0.2, 0.25) is 0 Å². The highest BCUT2D eigenvalue weighted by atomic mass is 79.9. The molecule has 0 bridgehead atoms. The standard InChI is InChI=1S/C14H20BrNO2/c1-2-17-13-8-10(9-16)7-12(15)14(13)18-11-5-3-4-6-11/h7-8,11H,2-6,9,16H2,1H3. The van der Waals surface area contributed by atoms with Gasteiger partial charge in [0.25, 0.3) is 0 Å². The zero-order chi connectivity index (χ0) is 13.0. The van der Waals surface area contributed by atoms with Crippen molar-refractivity contribution in [3.05, 3.63) is 22.2 Å². The van der Waals surface area contributed by atoms with Gasteiger partial charge in [-0.3, -0.25) is 0 Å². The number of ether oxygens (including phenoxy) is 2. The molecule has 1 aliphatic rings. The summed E-state index contributed by atoms with van der Waals surface area (Å²) in [5.41, 5.74) is 6.73. The highest BCUT2D eigenvalue weighted by Gasteiger charge is 2.20. The topological polar surface area (TPSA) is 44.5 Å². The molecule has 0 aromatic heterocycles. The highest BCUT2D eigenvalue weighted by Crippen LogP contribution is 2.39. The Labute approximate surface area is 117 Å². The Hall–Kier alpha value is -0.740. The Morgan fingerprint density at radius 1 is 1.33 bits per heavy atom. The predicted octanol–water partition coefficient (Wildman–Crippen LogP) is 3.63. The Morgan fingerprint density at radius 3 is 2.67 bits per heavy atom. The molecule has 100 valence electrons. The van der Waals surface area contributed by atoms with Gasteiger partial charge < -0.3 is 15.2 Å². The molecule has 3 nitrogen and oxygen atoms in total. The number of nitrogens with two attached hydrogens (primary N) is 1. The monoisotopic (exact) mass is 313 g/mol. The van der Waals surface area contributed by atoms with E-state index in [9.17, 15) is 0 Å². The number of benzene rings is 1. The number of halogens is 1. The van der Waals surface area contributed by atoms with Gasteiger partial charge in [-0.25, -0.2) is 0 Å². The largest absolute Gasteiger partial charge is 0.490 e. The second kappa shape index (κ2) is 6.43. The van der Waals surface area contributed by atoms with Crippen LogP contribution in [-0.2, 0) is 6.54 Å². The van der Waals surface area contributed by atoms with Crippen LogP contribution in [0.3, 0.4) is 0 Å². The van der Waals surface area contributed by atoms with E-state index in [0.29, 0.717) is 19.3 Å². The Morgan fingerprint density at radius 2 is 2.06 bits per heavy atom. The van der Waals surface area contributed by atoms with Gasteiger partial charge in [-0.1, -0.05) is 0 Å². The van der Waals surface area contributed by atoms with Crippen molar-refractivity contribution >= 4 is 15.9 Å². The van der Waals surface area contributed by atoms with Crippen molar-refractivity contribution in [1.29, 1.82) is 0 Å². The second-order valence-electron chi connectivity index (χ2n) is 4.57. The smallest absolute Gasteiger partial charge is 0.175 e. The summed E-state index contributed by atoms with van der Waals surface area (Å²) in [6, 6.07) is 3.98. The molecule has 0 atom stereocenters. The fourth-order valence-electron chi connectivity index (χ4n) is 2.29. The van der Waals surface area contributed by atoms with Crippen LogP contribution in [0.25, 0.3) is 0 Å². The summed E-state index contributed by atoms with van der Waals surface area (Å²) in [4.78, 5) is 0. The van der Waals surface area contributed by atoms with E-state index in [4.69, 9.17) is 15.2 Å². The van der Waals surface area contributed by atoms with Crippen molar-refractivity contribution in [1.82, 2.24) is 0 Å². The Bertz CT molecular complexity index is 403. The molecular formula is C14H20BrNO2. The van der Waals surface area contributed by atoms with E-state index in [2.05, 4.69) is 15.9 Å². The van der Waals surface area contributed by atoms with Gasteiger partial charge in [0.2, 0.25) is 0 Å². The molecule has 0 heterocycles. The third kappa shape index (κ3) is 3.18. The fraction of sp³-hybridized carbons (Fsp3) is 0.571. The lowest BCUT2D eigenvalue weighted by molar-refractivity contribution is 0.195. The molecule has 2 N–H and O–H groups in total. The molecule has 0 radical (unpaired) electrons. The van der Waals surface area contributed by atoms with Gasteiger partial charge in [0.15, 0.2) is 11.5 Å². The molecule has 1 aromatic rings. The van der Waals surface area contributed by atoms with Gasteiger partial charge in [-0.15, -0.1) is 0 Å². The summed E-state index contributed by atoms with van der Waals surface area (Å²) in [6.45, 7) is 3.10. The molecule has 0 amide bonds. The lowest BCUT2D eigenvalue weighted by Gasteiger charge is -2.18. The summed E-state index contributed by atoms with van der Waals surface area (Å²) in [7, 11) is 0. The van der Waals surface area contributed by atoms with Crippen LogP contribution in [0.4, 0.5) is 0 Å². The van der Waals surface area contributed by atoms with E-state index < -0.39 is 0 Å². The van der Waals surface area contributed by atoms with Gasteiger partial charge in [-0.05, 0) is 66.2 Å². The first-order chi connectivity index (χ1) is 8.74. The first-order valence-corrected chi connectivity index (χ1v) is 7.35. The van der Waals surface area contributed by atoms with Crippen LogP contribution >= 0.6 is 15.9 Å². The van der Waals surface area contributed by atoms with E-state index in [-0.39, 0.29) is 0 Å². The van der Waals surface area contributed by atoms with Gasteiger partial charge in [0.05, 0.1) is 17.2 Å².